The number of aldehydes is 1. The molecule has 68 valence electrons. The second kappa shape index (κ2) is 3.40. The highest BCUT2D eigenvalue weighted by atomic mass is 79.9. The molecule has 0 saturated carbocycles. The van der Waals surface area contributed by atoms with Crippen LogP contribution in [-0.2, 0) is 9.53 Å². The fourth-order valence-electron chi connectivity index (χ4n) is 1.42. The van der Waals surface area contributed by atoms with Gasteiger partial charge in [0.05, 0.1) is 0 Å². The molecule has 1 heterocycles. The summed E-state index contributed by atoms with van der Waals surface area (Å²) in [5.74, 6) is 0. The molecular weight excluding hydrogens is 255 g/mol. The van der Waals surface area contributed by atoms with Crippen LogP contribution in [0.15, 0.2) is 18.2 Å². The van der Waals surface area contributed by atoms with E-state index in [2.05, 4.69) is 15.9 Å². The molecule has 0 radical (unpaired) electrons. The predicted molar refractivity (Wildman–Crippen MR) is 53.0 cm³/mol. The Bertz CT molecular complexity index is 353. The lowest BCUT2D eigenvalue weighted by molar-refractivity contribution is -0.117. The normalized spacial score (nSPS) is 25.7. The number of ether oxygens (including phenoxy) is 1. The molecular formula is C9H6BrClO2. The lowest BCUT2D eigenvalue weighted by atomic mass is 10.1. The number of hydrogen-bond acceptors (Lipinski definition) is 2. The molecule has 1 aromatic rings. The Hall–Kier alpha value is -0.380. The molecule has 0 N–H and O–H groups in total. The maximum absolute atomic E-state index is 10.6. The van der Waals surface area contributed by atoms with E-state index in [1.165, 1.54) is 0 Å². The summed E-state index contributed by atoms with van der Waals surface area (Å²) in [6.45, 7) is 0. The Morgan fingerprint density at radius 3 is 3.00 bits per heavy atom. The van der Waals surface area contributed by atoms with E-state index >= 15 is 0 Å². The second-order valence-electron chi connectivity index (χ2n) is 2.75. The van der Waals surface area contributed by atoms with Gasteiger partial charge in [-0.3, -0.25) is 0 Å². The third kappa shape index (κ3) is 1.41. The van der Waals surface area contributed by atoms with Crippen LogP contribution in [0.2, 0.25) is 5.02 Å². The van der Waals surface area contributed by atoms with Gasteiger partial charge in [-0.25, -0.2) is 0 Å². The van der Waals surface area contributed by atoms with Gasteiger partial charge in [0.25, 0.3) is 0 Å². The van der Waals surface area contributed by atoms with Crippen molar-refractivity contribution in [1.29, 1.82) is 0 Å². The first kappa shape index (κ1) is 9.19. The number of alkyl halides is 1. The van der Waals surface area contributed by atoms with E-state index in [1.807, 2.05) is 12.1 Å². The zero-order valence-electron chi connectivity index (χ0n) is 6.54. The van der Waals surface area contributed by atoms with Crippen LogP contribution in [-0.4, -0.2) is 6.29 Å². The number of rotatable bonds is 1. The Labute approximate surface area is 89.0 Å². The van der Waals surface area contributed by atoms with Gasteiger partial charge in [-0.1, -0.05) is 39.7 Å². The van der Waals surface area contributed by atoms with Gasteiger partial charge < -0.3 is 9.53 Å². The third-order valence-electron chi connectivity index (χ3n) is 2.01. The molecule has 2 rings (SSSR count). The van der Waals surface area contributed by atoms with Gasteiger partial charge in [-0.05, 0) is 11.6 Å². The van der Waals surface area contributed by atoms with Crippen molar-refractivity contribution >= 4 is 33.8 Å². The summed E-state index contributed by atoms with van der Waals surface area (Å²) in [7, 11) is 0. The summed E-state index contributed by atoms with van der Waals surface area (Å²) >= 11 is 9.26. The average Bonchev–Trinajstić information content (AvgIpc) is 2.44. The van der Waals surface area contributed by atoms with E-state index in [1.54, 1.807) is 6.07 Å². The fraction of sp³-hybridized carbons (Fsp3) is 0.222. The van der Waals surface area contributed by atoms with Gasteiger partial charge >= 0.3 is 0 Å². The average molecular weight is 262 g/mol. The smallest absolute Gasteiger partial charge is 0.153 e. The molecule has 0 saturated heterocycles. The standard InChI is InChI=1S/C9H6BrClO2/c10-9-8-5(7(4-12)13-9)2-1-3-6(8)11/h1-4,7,9H. The van der Waals surface area contributed by atoms with Gasteiger partial charge in [0.2, 0.25) is 0 Å². The number of hydrogen-bond donors (Lipinski definition) is 0. The minimum Gasteiger partial charge on any atom is -0.347 e. The Morgan fingerprint density at radius 2 is 2.31 bits per heavy atom. The minimum atomic E-state index is -0.488. The largest absolute Gasteiger partial charge is 0.347 e. The van der Waals surface area contributed by atoms with Crippen molar-refractivity contribution in [2.45, 2.75) is 11.1 Å². The van der Waals surface area contributed by atoms with Gasteiger partial charge in [0, 0.05) is 10.6 Å². The van der Waals surface area contributed by atoms with Crippen molar-refractivity contribution in [1.82, 2.24) is 0 Å². The molecule has 2 nitrogen and oxygen atoms in total. The molecule has 0 fully saturated rings. The summed E-state index contributed by atoms with van der Waals surface area (Å²) in [5.41, 5.74) is 1.71. The first-order valence-corrected chi connectivity index (χ1v) is 5.06. The third-order valence-corrected chi connectivity index (χ3v) is 3.01. The van der Waals surface area contributed by atoms with Crippen molar-refractivity contribution in [2.24, 2.45) is 0 Å². The lowest BCUT2D eigenvalue weighted by Crippen LogP contribution is -1.95. The number of carbonyl (C=O) groups is 1. The first-order chi connectivity index (χ1) is 6.24. The highest BCUT2D eigenvalue weighted by Crippen LogP contribution is 2.44. The summed E-state index contributed by atoms with van der Waals surface area (Å²) in [4.78, 5) is 10.6. The van der Waals surface area contributed by atoms with Crippen LogP contribution in [0.4, 0.5) is 0 Å². The molecule has 4 heteroatoms. The topological polar surface area (TPSA) is 26.3 Å². The lowest BCUT2D eigenvalue weighted by Gasteiger charge is -2.02. The molecule has 0 amide bonds. The quantitative estimate of drug-likeness (QED) is 0.574. The molecule has 0 spiro atoms. The molecule has 1 aromatic carbocycles. The summed E-state index contributed by atoms with van der Waals surface area (Å²) in [6, 6.07) is 5.44. The van der Waals surface area contributed by atoms with Crippen LogP contribution in [0.5, 0.6) is 0 Å². The minimum absolute atomic E-state index is 0.272. The summed E-state index contributed by atoms with van der Waals surface area (Å²) in [5, 5.41) is 0.357. The van der Waals surface area contributed by atoms with Crippen LogP contribution in [0.25, 0.3) is 0 Å². The fourth-order valence-corrected chi connectivity index (χ4v) is 2.57. The maximum Gasteiger partial charge on any atom is 0.153 e. The maximum atomic E-state index is 10.6. The van der Waals surface area contributed by atoms with Crippen LogP contribution in [0.3, 0.4) is 0 Å². The zero-order chi connectivity index (χ0) is 9.42. The van der Waals surface area contributed by atoms with E-state index < -0.39 is 6.10 Å². The van der Waals surface area contributed by atoms with E-state index in [0.29, 0.717) is 5.02 Å². The van der Waals surface area contributed by atoms with Crippen molar-refractivity contribution in [3.63, 3.8) is 0 Å². The van der Waals surface area contributed by atoms with E-state index in [0.717, 1.165) is 17.4 Å². The van der Waals surface area contributed by atoms with Crippen molar-refractivity contribution < 1.29 is 9.53 Å². The number of halogens is 2. The molecule has 13 heavy (non-hydrogen) atoms. The Morgan fingerprint density at radius 1 is 1.54 bits per heavy atom. The van der Waals surface area contributed by atoms with E-state index in [4.69, 9.17) is 16.3 Å². The zero-order valence-corrected chi connectivity index (χ0v) is 8.88. The van der Waals surface area contributed by atoms with Crippen LogP contribution in [0, 0.1) is 0 Å². The Balaban J connectivity index is 2.57. The molecule has 0 aromatic heterocycles. The molecule has 0 aliphatic carbocycles. The predicted octanol–water partition coefficient (Wildman–Crippen LogP) is 3.00. The molecule has 2 unspecified atom stereocenters. The van der Waals surface area contributed by atoms with E-state index in [-0.39, 0.29) is 5.01 Å². The van der Waals surface area contributed by atoms with Crippen LogP contribution in [0.1, 0.15) is 22.2 Å². The summed E-state index contributed by atoms with van der Waals surface area (Å²) in [6.07, 6.45) is 0.286. The van der Waals surface area contributed by atoms with E-state index in [9.17, 15) is 4.79 Å². The molecule has 1 aliphatic rings. The molecule has 2 atom stereocenters. The highest BCUT2D eigenvalue weighted by molar-refractivity contribution is 9.09. The second-order valence-corrected chi connectivity index (χ2v) is 3.99. The van der Waals surface area contributed by atoms with Gasteiger partial charge in [0.1, 0.15) is 11.1 Å². The van der Waals surface area contributed by atoms with Gasteiger partial charge in [-0.15, -0.1) is 0 Å². The summed E-state index contributed by atoms with van der Waals surface area (Å²) < 4.78 is 5.33. The molecule has 0 bridgehead atoms. The van der Waals surface area contributed by atoms with Crippen LogP contribution >= 0.6 is 27.5 Å². The number of fused-ring (bicyclic) bond motifs is 1. The SMILES string of the molecule is O=CC1OC(Br)c2c(Cl)cccc21. The highest BCUT2D eigenvalue weighted by Gasteiger charge is 2.31. The van der Waals surface area contributed by atoms with Crippen molar-refractivity contribution in [2.75, 3.05) is 0 Å². The number of benzene rings is 1. The van der Waals surface area contributed by atoms with Gasteiger partial charge in [-0.2, -0.15) is 0 Å². The number of carbonyl (C=O) groups excluding carboxylic acids is 1. The van der Waals surface area contributed by atoms with Gasteiger partial charge in [0.15, 0.2) is 6.29 Å². The first-order valence-electron chi connectivity index (χ1n) is 3.77. The van der Waals surface area contributed by atoms with Crippen molar-refractivity contribution in [3.8, 4) is 0 Å². The van der Waals surface area contributed by atoms with Crippen molar-refractivity contribution in [3.05, 3.63) is 34.3 Å². The molecule has 1 aliphatic heterocycles. The monoisotopic (exact) mass is 260 g/mol. The van der Waals surface area contributed by atoms with Crippen LogP contribution < -0.4 is 0 Å². The Kier molecular flexibility index (Phi) is 2.41.